The molecule has 0 atom stereocenters. The lowest BCUT2D eigenvalue weighted by atomic mass is 9.90. The summed E-state index contributed by atoms with van der Waals surface area (Å²) in [6.45, 7) is 0. The summed E-state index contributed by atoms with van der Waals surface area (Å²) in [6, 6.07) is 16.3. The second-order valence-electron chi connectivity index (χ2n) is 5.44. The normalized spacial score (nSPS) is 15.1. The summed E-state index contributed by atoms with van der Waals surface area (Å²) in [6.07, 6.45) is 5.42. The predicted octanol–water partition coefficient (Wildman–Crippen LogP) is 5.53. The number of carbonyl (C=O) groups is 1. The first-order chi connectivity index (χ1) is 10.2. The molecule has 0 spiro atoms. The van der Waals surface area contributed by atoms with Crippen LogP contribution in [0.15, 0.2) is 54.1 Å². The van der Waals surface area contributed by atoms with E-state index in [0.29, 0.717) is 18.6 Å². The van der Waals surface area contributed by atoms with Crippen LogP contribution in [0.3, 0.4) is 0 Å². The van der Waals surface area contributed by atoms with Gasteiger partial charge in [-0.15, -0.1) is 0 Å². The number of ketones is 1. The molecular weight excluding hydrogens is 280 g/mol. The smallest absolute Gasteiger partial charge is 0.133 e. The largest absolute Gasteiger partial charge is 0.300 e. The first-order valence-electron chi connectivity index (χ1n) is 7.28. The Morgan fingerprint density at radius 1 is 0.857 bits per heavy atom. The van der Waals surface area contributed by atoms with Crippen molar-refractivity contribution in [3.8, 4) is 11.1 Å². The summed E-state index contributed by atoms with van der Waals surface area (Å²) in [5.74, 6) is 0.387. The van der Waals surface area contributed by atoms with Crippen molar-refractivity contribution in [3.05, 3.63) is 64.7 Å². The van der Waals surface area contributed by atoms with E-state index in [9.17, 15) is 4.79 Å². The zero-order chi connectivity index (χ0) is 14.7. The molecule has 2 aromatic rings. The van der Waals surface area contributed by atoms with Crippen LogP contribution in [0, 0.1) is 0 Å². The van der Waals surface area contributed by atoms with E-state index >= 15 is 0 Å². The molecule has 1 aliphatic rings. The zero-order valence-electron chi connectivity index (χ0n) is 11.8. The number of Topliss-reactive ketones (excluding diaryl/α,β-unsaturated/α-hetero) is 1. The third kappa shape index (κ3) is 3.43. The zero-order valence-corrected chi connectivity index (χ0v) is 12.6. The Labute approximate surface area is 130 Å². The van der Waals surface area contributed by atoms with E-state index in [1.807, 2.05) is 24.3 Å². The van der Waals surface area contributed by atoms with E-state index in [1.165, 1.54) is 22.3 Å². The molecule has 0 N–H and O–H groups in total. The van der Waals surface area contributed by atoms with Gasteiger partial charge in [-0.3, -0.25) is 4.79 Å². The van der Waals surface area contributed by atoms with Gasteiger partial charge in [0.05, 0.1) is 0 Å². The Morgan fingerprint density at radius 3 is 2.24 bits per heavy atom. The number of halogens is 1. The maximum absolute atomic E-state index is 11.3. The lowest BCUT2D eigenvalue weighted by molar-refractivity contribution is -0.119. The molecule has 0 bridgehead atoms. The molecule has 1 fully saturated rings. The Kier molecular flexibility index (Phi) is 4.21. The Balaban J connectivity index is 1.94. The number of carbonyl (C=O) groups excluding carboxylic acids is 1. The molecule has 0 heterocycles. The van der Waals surface area contributed by atoms with Crippen molar-refractivity contribution in [2.45, 2.75) is 25.7 Å². The number of hydrogen-bond donors (Lipinski definition) is 0. The van der Waals surface area contributed by atoms with Crippen LogP contribution in [0.2, 0.25) is 5.02 Å². The molecule has 3 rings (SSSR count). The Morgan fingerprint density at radius 2 is 1.52 bits per heavy atom. The molecule has 0 aromatic heterocycles. The first-order valence-corrected chi connectivity index (χ1v) is 7.66. The summed E-state index contributed by atoms with van der Waals surface area (Å²) in [5, 5.41) is 0.750. The molecule has 2 heteroatoms. The second-order valence-corrected chi connectivity index (χ2v) is 5.87. The molecule has 2 aromatic carbocycles. The van der Waals surface area contributed by atoms with Crippen LogP contribution in [0.25, 0.3) is 17.2 Å². The average Bonchev–Trinajstić information content (AvgIpc) is 2.51. The van der Waals surface area contributed by atoms with Crippen LogP contribution >= 0.6 is 11.6 Å². The summed E-state index contributed by atoms with van der Waals surface area (Å²) in [7, 11) is 0. The fourth-order valence-corrected chi connectivity index (χ4v) is 2.86. The van der Waals surface area contributed by atoms with Crippen LogP contribution in [0.1, 0.15) is 31.2 Å². The minimum absolute atomic E-state index is 0.387. The molecular formula is C19H17ClO. The van der Waals surface area contributed by atoms with Crippen molar-refractivity contribution in [2.75, 3.05) is 0 Å². The fourth-order valence-electron chi connectivity index (χ4n) is 2.73. The standard InChI is InChI=1S/C19H17ClO/c20-17-9-7-15(8-10-17)19-4-2-1-3-16(19)13-14-5-11-18(21)12-6-14/h1-4,7-10,13H,5-6,11-12H2. The van der Waals surface area contributed by atoms with Gasteiger partial charge in [-0.2, -0.15) is 0 Å². The van der Waals surface area contributed by atoms with Gasteiger partial charge in [-0.05, 0) is 41.7 Å². The number of rotatable bonds is 2. The summed E-state index contributed by atoms with van der Waals surface area (Å²) in [5.41, 5.74) is 4.96. The van der Waals surface area contributed by atoms with Gasteiger partial charge in [0.2, 0.25) is 0 Å². The molecule has 1 aliphatic carbocycles. The van der Waals surface area contributed by atoms with Crippen molar-refractivity contribution in [2.24, 2.45) is 0 Å². The Hall–Kier alpha value is -1.86. The minimum atomic E-state index is 0.387. The van der Waals surface area contributed by atoms with Crippen LogP contribution in [0.5, 0.6) is 0 Å². The van der Waals surface area contributed by atoms with E-state index in [1.54, 1.807) is 0 Å². The molecule has 21 heavy (non-hydrogen) atoms. The molecule has 0 unspecified atom stereocenters. The molecule has 0 aliphatic heterocycles. The molecule has 1 saturated carbocycles. The van der Waals surface area contributed by atoms with Crippen molar-refractivity contribution >= 4 is 23.5 Å². The average molecular weight is 297 g/mol. The van der Waals surface area contributed by atoms with Crippen molar-refractivity contribution in [1.29, 1.82) is 0 Å². The van der Waals surface area contributed by atoms with Crippen molar-refractivity contribution in [3.63, 3.8) is 0 Å². The van der Waals surface area contributed by atoms with Gasteiger partial charge >= 0.3 is 0 Å². The van der Waals surface area contributed by atoms with Gasteiger partial charge < -0.3 is 0 Å². The molecule has 106 valence electrons. The maximum Gasteiger partial charge on any atom is 0.133 e. The molecule has 1 nitrogen and oxygen atoms in total. The van der Waals surface area contributed by atoms with E-state index < -0.39 is 0 Å². The van der Waals surface area contributed by atoms with Crippen LogP contribution in [-0.4, -0.2) is 5.78 Å². The quantitative estimate of drug-likeness (QED) is 0.711. The minimum Gasteiger partial charge on any atom is -0.300 e. The molecule has 0 amide bonds. The van der Waals surface area contributed by atoms with E-state index in [2.05, 4.69) is 30.3 Å². The predicted molar refractivity (Wildman–Crippen MR) is 88.3 cm³/mol. The van der Waals surface area contributed by atoms with E-state index in [4.69, 9.17) is 11.6 Å². The van der Waals surface area contributed by atoms with E-state index in [0.717, 1.165) is 17.9 Å². The highest BCUT2D eigenvalue weighted by Crippen LogP contribution is 2.29. The van der Waals surface area contributed by atoms with Crippen molar-refractivity contribution in [1.82, 2.24) is 0 Å². The summed E-state index contributed by atoms with van der Waals surface area (Å²) >= 11 is 5.96. The third-order valence-electron chi connectivity index (χ3n) is 3.93. The SMILES string of the molecule is O=C1CCC(=Cc2ccccc2-c2ccc(Cl)cc2)CC1. The van der Waals surface area contributed by atoms with Gasteiger partial charge in [0.15, 0.2) is 0 Å². The first kappa shape index (κ1) is 14.1. The molecule has 0 saturated heterocycles. The molecule has 0 radical (unpaired) electrons. The summed E-state index contributed by atoms with van der Waals surface area (Å²) < 4.78 is 0. The van der Waals surface area contributed by atoms with Crippen LogP contribution in [0.4, 0.5) is 0 Å². The van der Waals surface area contributed by atoms with Crippen LogP contribution < -0.4 is 0 Å². The van der Waals surface area contributed by atoms with Gasteiger partial charge in [0, 0.05) is 17.9 Å². The Bertz CT molecular complexity index is 671. The third-order valence-corrected chi connectivity index (χ3v) is 4.18. The lowest BCUT2D eigenvalue weighted by Crippen LogP contribution is -2.05. The van der Waals surface area contributed by atoms with Crippen molar-refractivity contribution < 1.29 is 4.79 Å². The van der Waals surface area contributed by atoms with Gasteiger partial charge in [0.1, 0.15) is 5.78 Å². The second kappa shape index (κ2) is 6.28. The topological polar surface area (TPSA) is 17.1 Å². The number of allylic oxidation sites excluding steroid dienone is 1. The summed E-state index contributed by atoms with van der Waals surface area (Å²) in [4.78, 5) is 11.3. The number of hydrogen-bond acceptors (Lipinski definition) is 1. The maximum atomic E-state index is 11.3. The number of benzene rings is 2. The van der Waals surface area contributed by atoms with E-state index in [-0.39, 0.29) is 0 Å². The monoisotopic (exact) mass is 296 g/mol. The highest BCUT2D eigenvalue weighted by molar-refractivity contribution is 6.30. The highest BCUT2D eigenvalue weighted by Gasteiger charge is 2.13. The van der Waals surface area contributed by atoms with Gasteiger partial charge in [0.25, 0.3) is 0 Å². The van der Waals surface area contributed by atoms with Crippen LogP contribution in [-0.2, 0) is 4.79 Å². The fraction of sp³-hybridized carbons (Fsp3) is 0.211. The van der Waals surface area contributed by atoms with Gasteiger partial charge in [-0.25, -0.2) is 0 Å². The lowest BCUT2D eigenvalue weighted by Gasteiger charge is -2.14. The van der Waals surface area contributed by atoms with Gasteiger partial charge in [-0.1, -0.05) is 59.6 Å². The highest BCUT2D eigenvalue weighted by atomic mass is 35.5.